The minimum absolute atomic E-state index is 0.0596. The number of carbonyl (C=O) groups is 2. The zero-order chi connectivity index (χ0) is 22.2. The highest BCUT2D eigenvalue weighted by molar-refractivity contribution is 7.91. The summed E-state index contributed by atoms with van der Waals surface area (Å²) in [5, 5.41) is 7.59. The molecule has 0 spiro atoms. The van der Waals surface area contributed by atoms with Gasteiger partial charge in [-0.15, -0.1) is 0 Å². The average molecular weight is 465 g/mol. The van der Waals surface area contributed by atoms with Gasteiger partial charge in [0.15, 0.2) is 20.7 Å². The van der Waals surface area contributed by atoms with Gasteiger partial charge in [-0.25, -0.2) is 18.2 Å². The Hall–Kier alpha value is -2.53. The predicted molar refractivity (Wildman–Crippen MR) is 116 cm³/mol. The number of fused-ring (bicyclic) bond motifs is 1. The SMILES string of the molecule is C=CCOC(=O)c1sc(NC(=O)c2nn([C@@H]3CCS(=O)(=O)C3)c3c2CCCC3)nc1C. The third-order valence-electron chi connectivity index (χ3n) is 5.51. The van der Waals surface area contributed by atoms with Crippen molar-refractivity contribution in [1.29, 1.82) is 0 Å². The number of amides is 1. The molecule has 9 nitrogen and oxygen atoms in total. The summed E-state index contributed by atoms with van der Waals surface area (Å²) in [5.74, 6) is -0.710. The van der Waals surface area contributed by atoms with Gasteiger partial charge >= 0.3 is 5.97 Å². The van der Waals surface area contributed by atoms with Gasteiger partial charge < -0.3 is 4.74 Å². The van der Waals surface area contributed by atoms with Crippen LogP contribution in [-0.2, 0) is 27.4 Å². The second-order valence-corrected chi connectivity index (χ2v) is 11.0. The molecule has 1 amide bonds. The molecule has 4 rings (SSSR count). The number of esters is 1. The van der Waals surface area contributed by atoms with Crippen LogP contribution in [0.15, 0.2) is 12.7 Å². The molecule has 3 heterocycles. The highest BCUT2D eigenvalue weighted by Gasteiger charge is 2.34. The maximum atomic E-state index is 13.0. The molecule has 0 aromatic carbocycles. The van der Waals surface area contributed by atoms with Crippen molar-refractivity contribution in [2.24, 2.45) is 0 Å². The van der Waals surface area contributed by atoms with E-state index in [1.165, 1.54) is 6.08 Å². The normalized spacial score (nSPS) is 19.6. The van der Waals surface area contributed by atoms with Gasteiger partial charge in [-0.05, 0) is 39.0 Å². The number of nitrogens with zero attached hydrogens (tertiary/aromatic N) is 3. The van der Waals surface area contributed by atoms with E-state index in [0.29, 0.717) is 22.7 Å². The zero-order valence-electron chi connectivity index (χ0n) is 17.2. The Bertz CT molecular complexity index is 1150. The number of aryl methyl sites for hydroxylation is 1. The smallest absolute Gasteiger partial charge is 0.350 e. The Kier molecular flexibility index (Phi) is 5.98. The standard InChI is InChI=1S/C20H24N4O5S2/c1-3-9-29-19(26)17-12(2)21-20(30-17)22-18(25)16-14-6-4-5-7-15(14)24(23-16)13-8-10-31(27,28)11-13/h3,13H,1,4-11H2,2H3,(H,21,22,25)/t13-/m1/s1. The molecule has 0 bridgehead atoms. The summed E-state index contributed by atoms with van der Waals surface area (Å²) in [6.07, 6.45) is 5.44. The number of ether oxygens (including phenoxy) is 1. The Labute approximate surface area is 184 Å². The van der Waals surface area contributed by atoms with E-state index in [0.717, 1.165) is 48.3 Å². The van der Waals surface area contributed by atoms with E-state index >= 15 is 0 Å². The lowest BCUT2D eigenvalue weighted by Gasteiger charge is -2.17. The van der Waals surface area contributed by atoms with Gasteiger partial charge in [0, 0.05) is 11.3 Å². The quantitative estimate of drug-likeness (QED) is 0.515. The summed E-state index contributed by atoms with van der Waals surface area (Å²) < 4.78 is 30.7. The average Bonchev–Trinajstić information content (AvgIpc) is 3.40. The van der Waals surface area contributed by atoms with Crippen LogP contribution in [0, 0.1) is 6.92 Å². The fourth-order valence-electron chi connectivity index (χ4n) is 4.07. The van der Waals surface area contributed by atoms with Gasteiger partial charge in [0.25, 0.3) is 5.91 Å². The molecule has 2 aliphatic rings. The number of carbonyl (C=O) groups excluding carboxylic acids is 2. The van der Waals surface area contributed by atoms with Gasteiger partial charge in [-0.3, -0.25) is 14.8 Å². The Balaban J connectivity index is 1.58. The Morgan fingerprint density at radius 1 is 1.35 bits per heavy atom. The molecular formula is C20H24N4O5S2. The number of hydrogen-bond donors (Lipinski definition) is 1. The molecule has 31 heavy (non-hydrogen) atoms. The first-order valence-electron chi connectivity index (χ1n) is 10.2. The first-order valence-corrected chi connectivity index (χ1v) is 12.8. The number of rotatable bonds is 6. The zero-order valence-corrected chi connectivity index (χ0v) is 18.9. The highest BCUT2D eigenvalue weighted by Crippen LogP contribution is 2.32. The summed E-state index contributed by atoms with van der Waals surface area (Å²) in [5.41, 5.74) is 2.62. The van der Waals surface area contributed by atoms with Crippen LogP contribution in [0.5, 0.6) is 0 Å². The fraction of sp³-hybridized carbons (Fsp3) is 0.500. The van der Waals surface area contributed by atoms with Crippen molar-refractivity contribution in [3.63, 3.8) is 0 Å². The van der Waals surface area contributed by atoms with Crippen LogP contribution in [0.2, 0.25) is 0 Å². The van der Waals surface area contributed by atoms with Crippen LogP contribution in [0.3, 0.4) is 0 Å². The van der Waals surface area contributed by atoms with Gasteiger partial charge in [-0.1, -0.05) is 24.0 Å². The molecule has 1 saturated heterocycles. The lowest BCUT2D eigenvalue weighted by Crippen LogP contribution is -2.17. The van der Waals surface area contributed by atoms with Crippen LogP contribution in [0.4, 0.5) is 5.13 Å². The Morgan fingerprint density at radius 3 is 2.84 bits per heavy atom. The minimum atomic E-state index is -3.07. The summed E-state index contributed by atoms with van der Waals surface area (Å²) in [6, 6.07) is -0.230. The maximum absolute atomic E-state index is 13.0. The predicted octanol–water partition coefficient (Wildman–Crippen LogP) is 2.48. The topological polar surface area (TPSA) is 120 Å². The maximum Gasteiger partial charge on any atom is 0.350 e. The fourth-order valence-corrected chi connectivity index (χ4v) is 6.62. The van der Waals surface area contributed by atoms with E-state index in [1.807, 2.05) is 0 Å². The van der Waals surface area contributed by atoms with E-state index < -0.39 is 21.7 Å². The van der Waals surface area contributed by atoms with Crippen molar-refractivity contribution in [3.05, 3.63) is 40.2 Å². The van der Waals surface area contributed by atoms with Crippen LogP contribution in [-0.4, -0.2) is 53.2 Å². The second-order valence-electron chi connectivity index (χ2n) is 7.76. The van der Waals surface area contributed by atoms with Gasteiger partial charge in [0.2, 0.25) is 0 Å². The number of nitrogens with one attached hydrogen (secondary N) is 1. The lowest BCUT2D eigenvalue weighted by molar-refractivity contribution is 0.0554. The number of anilines is 1. The molecule has 1 aliphatic heterocycles. The monoisotopic (exact) mass is 464 g/mol. The van der Waals surface area contributed by atoms with Crippen molar-refractivity contribution in [2.45, 2.75) is 45.1 Å². The van der Waals surface area contributed by atoms with Gasteiger partial charge in [0.05, 0.1) is 23.2 Å². The molecule has 1 atom stereocenters. The molecular weight excluding hydrogens is 440 g/mol. The highest BCUT2D eigenvalue weighted by atomic mass is 32.2. The summed E-state index contributed by atoms with van der Waals surface area (Å²) in [6.45, 7) is 5.28. The molecule has 2 aromatic rings. The Morgan fingerprint density at radius 2 is 2.13 bits per heavy atom. The van der Waals surface area contributed by atoms with Crippen LogP contribution in [0.1, 0.15) is 62.4 Å². The van der Waals surface area contributed by atoms with Crippen LogP contribution in [0.25, 0.3) is 0 Å². The number of sulfone groups is 1. The van der Waals surface area contributed by atoms with Gasteiger partial charge in [-0.2, -0.15) is 5.10 Å². The van der Waals surface area contributed by atoms with E-state index in [-0.39, 0.29) is 29.3 Å². The minimum Gasteiger partial charge on any atom is -0.457 e. The molecule has 11 heteroatoms. The summed E-state index contributed by atoms with van der Waals surface area (Å²) >= 11 is 1.04. The lowest BCUT2D eigenvalue weighted by atomic mass is 9.95. The summed E-state index contributed by atoms with van der Waals surface area (Å²) in [4.78, 5) is 29.7. The number of aromatic nitrogens is 3. The van der Waals surface area contributed by atoms with Crippen LogP contribution >= 0.6 is 11.3 Å². The third kappa shape index (κ3) is 4.42. The summed E-state index contributed by atoms with van der Waals surface area (Å²) in [7, 11) is -3.07. The van der Waals surface area contributed by atoms with Crippen molar-refractivity contribution in [1.82, 2.24) is 14.8 Å². The third-order valence-corrected chi connectivity index (χ3v) is 8.32. The molecule has 0 radical (unpaired) electrons. The molecule has 0 saturated carbocycles. The van der Waals surface area contributed by atoms with Crippen LogP contribution < -0.4 is 5.32 Å². The molecule has 2 aromatic heterocycles. The molecule has 0 unspecified atom stereocenters. The first-order chi connectivity index (χ1) is 14.8. The molecule has 1 N–H and O–H groups in total. The van der Waals surface area contributed by atoms with Crippen molar-refractivity contribution >= 4 is 38.2 Å². The van der Waals surface area contributed by atoms with E-state index in [1.54, 1.807) is 11.6 Å². The van der Waals surface area contributed by atoms with Gasteiger partial charge in [0.1, 0.15) is 11.5 Å². The van der Waals surface area contributed by atoms with E-state index in [4.69, 9.17) is 4.74 Å². The number of thiazole rings is 1. The molecule has 1 fully saturated rings. The molecule has 166 valence electrons. The van der Waals surface area contributed by atoms with E-state index in [9.17, 15) is 18.0 Å². The van der Waals surface area contributed by atoms with Crippen molar-refractivity contribution in [3.8, 4) is 0 Å². The largest absolute Gasteiger partial charge is 0.457 e. The van der Waals surface area contributed by atoms with Crippen molar-refractivity contribution < 1.29 is 22.7 Å². The molecule has 1 aliphatic carbocycles. The second kappa shape index (κ2) is 8.54. The first kappa shape index (κ1) is 21.7. The van der Waals surface area contributed by atoms with E-state index in [2.05, 4.69) is 22.0 Å². The number of hydrogen-bond acceptors (Lipinski definition) is 8. The van der Waals surface area contributed by atoms with Crippen molar-refractivity contribution in [2.75, 3.05) is 23.4 Å².